The van der Waals surface area contributed by atoms with Crippen LogP contribution in [0.2, 0.25) is 0 Å². The van der Waals surface area contributed by atoms with Gasteiger partial charge in [0.1, 0.15) is 6.04 Å². The molecule has 0 rings (SSSR count). The van der Waals surface area contributed by atoms with Crippen LogP contribution in [0.15, 0.2) is 0 Å². The lowest BCUT2D eigenvalue weighted by Crippen LogP contribution is -2.47. The molecule has 0 aromatic carbocycles. The molecular weight excluding hydrogens is 232 g/mol. The number of esters is 1. The van der Waals surface area contributed by atoms with Crippen molar-refractivity contribution in [2.45, 2.75) is 26.8 Å². The first kappa shape index (κ1) is 17.4. The van der Waals surface area contributed by atoms with Crippen LogP contribution < -0.4 is 5.32 Å². The highest BCUT2D eigenvalue weighted by molar-refractivity contribution is 5.76. The summed E-state index contributed by atoms with van der Waals surface area (Å²) in [6.07, 6.45) is 0. The second-order valence-corrected chi connectivity index (χ2v) is 4.74. The fourth-order valence-corrected chi connectivity index (χ4v) is 1.78. The molecule has 1 atom stereocenters. The maximum atomic E-state index is 11.7. The minimum atomic E-state index is -0.277. The van der Waals surface area contributed by atoms with Gasteiger partial charge in [-0.05, 0) is 19.9 Å². The SMILES string of the molecule is CCOC(=O)C(CN(CCOC)CC(C)C)NC. The van der Waals surface area contributed by atoms with Gasteiger partial charge in [0.15, 0.2) is 0 Å². The Morgan fingerprint density at radius 1 is 1.33 bits per heavy atom. The normalized spacial score (nSPS) is 13.1. The molecule has 0 aliphatic rings. The zero-order chi connectivity index (χ0) is 14.0. The molecule has 18 heavy (non-hydrogen) atoms. The molecule has 0 fully saturated rings. The van der Waals surface area contributed by atoms with Crippen LogP contribution in [0.5, 0.6) is 0 Å². The maximum absolute atomic E-state index is 11.7. The van der Waals surface area contributed by atoms with E-state index in [2.05, 4.69) is 24.1 Å². The third-order valence-corrected chi connectivity index (χ3v) is 2.60. The molecule has 0 aromatic rings. The number of carbonyl (C=O) groups excluding carboxylic acids is 1. The van der Waals surface area contributed by atoms with Crippen LogP contribution in [0.1, 0.15) is 20.8 Å². The summed E-state index contributed by atoms with van der Waals surface area (Å²) < 4.78 is 10.1. The Labute approximate surface area is 111 Å². The Morgan fingerprint density at radius 2 is 2.00 bits per heavy atom. The summed E-state index contributed by atoms with van der Waals surface area (Å²) in [6.45, 7) is 9.66. The van der Waals surface area contributed by atoms with Crippen molar-refractivity contribution in [3.05, 3.63) is 0 Å². The van der Waals surface area contributed by atoms with Gasteiger partial charge in [-0.1, -0.05) is 13.8 Å². The standard InChI is InChI=1S/C13H28N2O3/c1-6-18-13(16)12(14-4)10-15(7-8-17-5)9-11(2)3/h11-12,14H,6-10H2,1-5H3. The Morgan fingerprint density at radius 3 is 2.44 bits per heavy atom. The fourth-order valence-electron chi connectivity index (χ4n) is 1.78. The lowest BCUT2D eigenvalue weighted by atomic mass is 10.2. The summed E-state index contributed by atoms with van der Waals surface area (Å²) in [4.78, 5) is 14.0. The van der Waals surface area contributed by atoms with E-state index in [4.69, 9.17) is 9.47 Å². The highest BCUT2D eigenvalue weighted by Crippen LogP contribution is 2.01. The second kappa shape index (κ2) is 10.3. The van der Waals surface area contributed by atoms with Crippen molar-refractivity contribution in [3.8, 4) is 0 Å². The first-order chi connectivity index (χ1) is 8.54. The summed E-state index contributed by atoms with van der Waals surface area (Å²) in [5.74, 6) is 0.368. The van der Waals surface area contributed by atoms with Crippen molar-refractivity contribution in [2.75, 3.05) is 47.0 Å². The molecule has 0 aromatic heterocycles. The van der Waals surface area contributed by atoms with Gasteiger partial charge in [0, 0.05) is 26.7 Å². The number of ether oxygens (including phenoxy) is 2. The number of hydrogen-bond donors (Lipinski definition) is 1. The summed E-state index contributed by atoms with van der Waals surface area (Å²) in [6, 6.07) is -0.277. The van der Waals surface area contributed by atoms with Gasteiger partial charge in [0.2, 0.25) is 0 Å². The predicted molar refractivity (Wildman–Crippen MR) is 72.6 cm³/mol. The van der Waals surface area contributed by atoms with Gasteiger partial charge in [0.05, 0.1) is 13.2 Å². The average Bonchev–Trinajstić information content (AvgIpc) is 2.32. The van der Waals surface area contributed by atoms with Crippen molar-refractivity contribution >= 4 is 5.97 Å². The molecule has 0 aliphatic heterocycles. The summed E-state index contributed by atoms with van der Waals surface area (Å²) in [5, 5.41) is 3.01. The molecule has 0 aliphatic carbocycles. The number of methoxy groups -OCH3 is 1. The van der Waals surface area contributed by atoms with Crippen LogP contribution in [-0.4, -0.2) is 63.9 Å². The number of nitrogens with one attached hydrogen (secondary N) is 1. The van der Waals surface area contributed by atoms with E-state index in [0.717, 1.165) is 13.1 Å². The lowest BCUT2D eigenvalue weighted by Gasteiger charge is -2.27. The van der Waals surface area contributed by atoms with Gasteiger partial charge in [-0.15, -0.1) is 0 Å². The summed E-state index contributed by atoms with van der Waals surface area (Å²) in [5.41, 5.74) is 0. The van der Waals surface area contributed by atoms with E-state index in [0.29, 0.717) is 25.7 Å². The van der Waals surface area contributed by atoms with Crippen molar-refractivity contribution in [2.24, 2.45) is 5.92 Å². The Balaban J connectivity index is 4.35. The van der Waals surface area contributed by atoms with Crippen molar-refractivity contribution in [1.29, 1.82) is 0 Å². The van der Waals surface area contributed by atoms with E-state index in [1.54, 1.807) is 14.2 Å². The van der Waals surface area contributed by atoms with E-state index in [1.165, 1.54) is 0 Å². The van der Waals surface area contributed by atoms with E-state index in [9.17, 15) is 4.79 Å². The van der Waals surface area contributed by atoms with Gasteiger partial charge in [-0.3, -0.25) is 9.69 Å². The molecule has 0 radical (unpaired) electrons. The Hall–Kier alpha value is -0.650. The van der Waals surface area contributed by atoms with E-state index in [1.807, 2.05) is 6.92 Å². The number of rotatable bonds is 10. The minimum absolute atomic E-state index is 0.189. The smallest absolute Gasteiger partial charge is 0.324 e. The van der Waals surface area contributed by atoms with Crippen LogP contribution in [0.3, 0.4) is 0 Å². The highest BCUT2D eigenvalue weighted by Gasteiger charge is 2.21. The predicted octanol–water partition coefficient (Wildman–Crippen LogP) is 0.742. The average molecular weight is 260 g/mol. The number of carbonyl (C=O) groups is 1. The number of likely N-dealkylation sites (N-methyl/N-ethyl adjacent to an activating group) is 1. The van der Waals surface area contributed by atoms with Crippen LogP contribution in [0.25, 0.3) is 0 Å². The third-order valence-electron chi connectivity index (χ3n) is 2.60. The van der Waals surface area contributed by atoms with Gasteiger partial charge < -0.3 is 14.8 Å². The monoisotopic (exact) mass is 260 g/mol. The topological polar surface area (TPSA) is 50.8 Å². The zero-order valence-corrected chi connectivity index (χ0v) is 12.4. The minimum Gasteiger partial charge on any atom is -0.465 e. The molecule has 0 amide bonds. The van der Waals surface area contributed by atoms with Gasteiger partial charge >= 0.3 is 5.97 Å². The van der Waals surface area contributed by atoms with Crippen molar-refractivity contribution in [3.63, 3.8) is 0 Å². The first-order valence-electron chi connectivity index (χ1n) is 6.60. The molecule has 0 bridgehead atoms. The molecule has 5 heteroatoms. The third kappa shape index (κ3) is 7.63. The van der Waals surface area contributed by atoms with Crippen LogP contribution in [0.4, 0.5) is 0 Å². The molecule has 108 valence electrons. The lowest BCUT2D eigenvalue weighted by molar-refractivity contribution is -0.146. The zero-order valence-electron chi connectivity index (χ0n) is 12.4. The van der Waals surface area contributed by atoms with Crippen LogP contribution >= 0.6 is 0 Å². The summed E-state index contributed by atoms with van der Waals surface area (Å²) >= 11 is 0. The van der Waals surface area contributed by atoms with E-state index in [-0.39, 0.29) is 12.0 Å². The quantitative estimate of drug-likeness (QED) is 0.587. The second-order valence-electron chi connectivity index (χ2n) is 4.74. The number of hydrogen-bond acceptors (Lipinski definition) is 5. The van der Waals surface area contributed by atoms with Gasteiger partial charge in [0.25, 0.3) is 0 Å². The number of nitrogens with zero attached hydrogens (tertiary/aromatic N) is 1. The Bertz CT molecular complexity index is 222. The van der Waals surface area contributed by atoms with Crippen molar-refractivity contribution in [1.82, 2.24) is 10.2 Å². The fraction of sp³-hybridized carbons (Fsp3) is 0.923. The molecule has 0 saturated carbocycles. The molecule has 1 N–H and O–H groups in total. The van der Waals surface area contributed by atoms with Gasteiger partial charge in [-0.25, -0.2) is 0 Å². The van der Waals surface area contributed by atoms with E-state index >= 15 is 0 Å². The van der Waals surface area contributed by atoms with Gasteiger partial charge in [-0.2, -0.15) is 0 Å². The van der Waals surface area contributed by atoms with Crippen molar-refractivity contribution < 1.29 is 14.3 Å². The van der Waals surface area contributed by atoms with Crippen LogP contribution in [0, 0.1) is 5.92 Å². The molecule has 0 spiro atoms. The van der Waals surface area contributed by atoms with E-state index < -0.39 is 0 Å². The first-order valence-corrected chi connectivity index (χ1v) is 6.60. The molecule has 0 saturated heterocycles. The molecule has 5 nitrogen and oxygen atoms in total. The Kier molecular flexibility index (Phi) is 9.92. The summed E-state index contributed by atoms with van der Waals surface area (Å²) in [7, 11) is 3.47. The molecule has 1 unspecified atom stereocenters. The largest absolute Gasteiger partial charge is 0.465 e. The molecular formula is C13H28N2O3. The molecule has 0 heterocycles. The highest BCUT2D eigenvalue weighted by atomic mass is 16.5. The maximum Gasteiger partial charge on any atom is 0.324 e. The van der Waals surface area contributed by atoms with Crippen LogP contribution in [-0.2, 0) is 14.3 Å².